The molecule has 0 aliphatic carbocycles. The number of benzene rings is 2. The average molecular weight is 424 g/mol. The van der Waals surface area contributed by atoms with Gasteiger partial charge in [0.25, 0.3) is 11.8 Å². The van der Waals surface area contributed by atoms with Crippen molar-refractivity contribution in [2.24, 2.45) is 0 Å². The number of furan rings is 1. The lowest BCUT2D eigenvalue weighted by atomic mass is 10.1. The highest BCUT2D eigenvalue weighted by Crippen LogP contribution is 2.30. The summed E-state index contributed by atoms with van der Waals surface area (Å²) >= 11 is 6.54. The summed E-state index contributed by atoms with van der Waals surface area (Å²) in [7, 11) is 0. The summed E-state index contributed by atoms with van der Waals surface area (Å²) in [5.41, 5.74) is 0.223. The van der Waals surface area contributed by atoms with Crippen LogP contribution in [0.3, 0.4) is 0 Å². The van der Waals surface area contributed by atoms with Crippen LogP contribution in [-0.2, 0) is 9.59 Å². The van der Waals surface area contributed by atoms with E-state index in [2.05, 4.69) is 5.32 Å². The maximum atomic E-state index is 13.2. The maximum Gasteiger partial charge on any atom is 0.270 e. The van der Waals surface area contributed by atoms with Crippen LogP contribution >= 0.6 is 24.0 Å². The van der Waals surface area contributed by atoms with Crippen molar-refractivity contribution in [3.63, 3.8) is 0 Å². The third kappa shape index (κ3) is 4.13. The minimum atomic E-state index is -0.618. The molecule has 2 amide bonds. The molecule has 144 valence electrons. The summed E-state index contributed by atoms with van der Waals surface area (Å²) in [4.78, 5) is 27.4. The molecular weight excluding hydrogens is 411 g/mol. The van der Waals surface area contributed by atoms with E-state index in [1.54, 1.807) is 12.1 Å². The Morgan fingerprint density at radius 2 is 1.72 bits per heavy atom. The number of halogens is 1. The molecule has 0 unspecified atom stereocenters. The molecule has 2 aromatic carbocycles. The third-order valence-electron chi connectivity index (χ3n) is 4.04. The van der Waals surface area contributed by atoms with Crippen LogP contribution < -0.4 is 10.2 Å². The van der Waals surface area contributed by atoms with Gasteiger partial charge in [0, 0.05) is 4.90 Å². The van der Waals surface area contributed by atoms with Gasteiger partial charge in [0.15, 0.2) is 10.2 Å². The topological polar surface area (TPSA) is 62.6 Å². The Bertz CT molecular complexity index is 1120. The fourth-order valence-electron chi connectivity index (χ4n) is 2.70. The molecule has 29 heavy (non-hydrogen) atoms. The molecule has 2 heterocycles. The Labute approximate surface area is 175 Å². The fraction of sp³-hybridized carbons (Fsp3) is 0. The highest BCUT2D eigenvalue weighted by Gasteiger charge is 2.34. The number of carbonyl (C=O) groups is 2. The molecule has 0 radical (unpaired) electrons. The molecule has 0 atom stereocenters. The van der Waals surface area contributed by atoms with Gasteiger partial charge in [0.05, 0.1) is 5.69 Å². The van der Waals surface area contributed by atoms with Crippen LogP contribution in [0.2, 0.25) is 0 Å². The molecule has 3 aromatic rings. The number of anilines is 1. The van der Waals surface area contributed by atoms with E-state index in [0.29, 0.717) is 16.5 Å². The van der Waals surface area contributed by atoms with E-state index in [4.69, 9.17) is 16.6 Å². The van der Waals surface area contributed by atoms with Gasteiger partial charge in [-0.15, -0.1) is 0 Å². The molecule has 0 saturated carbocycles. The molecule has 4 rings (SSSR count). The molecule has 1 fully saturated rings. The van der Waals surface area contributed by atoms with E-state index >= 15 is 0 Å². The zero-order valence-electron chi connectivity index (χ0n) is 14.8. The van der Waals surface area contributed by atoms with Crippen molar-refractivity contribution in [3.05, 3.63) is 83.9 Å². The molecule has 1 aliphatic heterocycles. The van der Waals surface area contributed by atoms with Crippen molar-refractivity contribution >= 4 is 52.7 Å². The molecular formula is C21H13FN2O3S2. The van der Waals surface area contributed by atoms with Crippen LogP contribution in [0, 0.1) is 5.82 Å². The Morgan fingerprint density at radius 3 is 2.45 bits per heavy atom. The molecule has 1 aromatic heterocycles. The Morgan fingerprint density at radius 1 is 1.00 bits per heavy atom. The zero-order chi connectivity index (χ0) is 20.4. The number of nitrogens with one attached hydrogen (secondary N) is 1. The first-order chi connectivity index (χ1) is 14.0. The van der Waals surface area contributed by atoms with Gasteiger partial charge in [-0.2, -0.15) is 0 Å². The second kappa shape index (κ2) is 8.02. The lowest BCUT2D eigenvalue weighted by molar-refractivity contribution is -0.122. The van der Waals surface area contributed by atoms with Crippen molar-refractivity contribution in [1.82, 2.24) is 5.32 Å². The SMILES string of the molecule is O=C1NC(=S)N(c2ccc(F)cc2)C(=O)C1=Cc1ccc(Sc2ccccc2)o1. The van der Waals surface area contributed by atoms with Crippen LogP contribution in [0.5, 0.6) is 0 Å². The van der Waals surface area contributed by atoms with E-state index < -0.39 is 17.6 Å². The van der Waals surface area contributed by atoms with Gasteiger partial charge in [-0.3, -0.25) is 19.8 Å². The van der Waals surface area contributed by atoms with Crippen molar-refractivity contribution in [2.45, 2.75) is 9.99 Å². The Kier molecular flexibility index (Phi) is 5.28. The number of nitrogens with zero attached hydrogens (tertiary/aromatic N) is 1. The van der Waals surface area contributed by atoms with Gasteiger partial charge in [0.2, 0.25) is 0 Å². The van der Waals surface area contributed by atoms with Crippen molar-refractivity contribution in [1.29, 1.82) is 0 Å². The van der Waals surface area contributed by atoms with E-state index in [1.807, 2.05) is 30.3 Å². The van der Waals surface area contributed by atoms with Gasteiger partial charge < -0.3 is 4.42 Å². The van der Waals surface area contributed by atoms with Gasteiger partial charge in [-0.05, 0) is 66.8 Å². The Balaban J connectivity index is 1.60. The molecule has 1 N–H and O–H groups in total. The zero-order valence-corrected chi connectivity index (χ0v) is 16.4. The van der Waals surface area contributed by atoms with Crippen molar-refractivity contribution < 1.29 is 18.4 Å². The molecule has 1 aliphatic rings. The van der Waals surface area contributed by atoms with Crippen LogP contribution in [0.25, 0.3) is 6.08 Å². The average Bonchev–Trinajstić information content (AvgIpc) is 3.14. The van der Waals surface area contributed by atoms with Gasteiger partial charge in [-0.1, -0.05) is 30.0 Å². The molecule has 8 heteroatoms. The molecule has 5 nitrogen and oxygen atoms in total. The van der Waals surface area contributed by atoms with Gasteiger partial charge in [0.1, 0.15) is 17.2 Å². The number of hydrogen-bond acceptors (Lipinski definition) is 5. The van der Waals surface area contributed by atoms with Crippen LogP contribution in [0.1, 0.15) is 5.76 Å². The lowest BCUT2D eigenvalue weighted by Gasteiger charge is -2.28. The summed E-state index contributed by atoms with van der Waals surface area (Å²) in [5.74, 6) is -1.32. The monoisotopic (exact) mass is 424 g/mol. The second-order valence-corrected chi connectivity index (χ2v) is 7.47. The summed E-state index contributed by atoms with van der Waals surface area (Å²) in [6, 6.07) is 18.4. The van der Waals surface area contributed by atoms with E-state index in [9.17, 15) is 14.0 Å². The van der Waals surface area contributed by atoms with Crippen LogP contribution in [-0.4, -0.2) is 16.9 Å². The maximum absolute atomic E-state index is 13.2. The summed E-state index contributed by atoms with van der Waals surface area (Å²) in [6.45, 7) is 0. The third-order valence-corrected chi connectivity index (χ3v) is 5.25. The predicted molar refractivity (Wildman–Crippen MR) is 112 cm³/mol. The van der Waals surface area contributed by atoms with Gasteiger partial charge >= 0.3 is 0 Å². The normalized spacial score (nSPS) is 15.7. The lowest BCUT2D eigenvalue weighted by Crippen LogP contribution is -2.54. The summed E-state index contributed by atoms with van der Waals surface area (Å²) in [6.07, 6.45) is 1.37. The Hall–Kier alpha value is -3.23. The number of carbonyl (C=O) groups excluding carboxylic acids is 2. The predicted octanol–water partition coefficient (Wildman–Crippen LogP) is 4.40. The second-order valence-electron chi connectivity index (χ2n) is 6.01. The fourth-order valence-corrected chi connectivity index (χ4v) is 3.78. The van der Waals surface area contributed by atoms with Crippen LogP contribution in [0.15, 0.2) is 86.7 Å². The number of hydrogen-bond donors (Lipinski definition) is 1. The van der Waals surface area contributed by atoms with E-state index in [0.717, 1.165) is 9.80 Å². The van der Waals surface area contributed by atoms with E-state index in [-0.39, 0.29) is 10.7 Å². The quantitative estimate of drug-likeness (QED) is 0.382. The number of rotatable bonds is 4. The molecule has 1 saturated heterocycles. The van der Waals surface area contributed by atoms with Crippen molar-refractivity contribution in [2.75, 3.05) is 4.90 Å². The summed E-state index contributed by atoms with van der Waals surface area (Å²) < 4.78 is 18.9. The highest BCUT2D eigenvalue weighted by molar-refractivity contribution is 7.99. The van der Waals surface area contributed by atoms with Crippen LogP contribution in [0.4, 0.5) is 10.1 Å². The minimum absolute atomic E-state index is 0.0662. The van der Waals surface area contributed by atoms with Gasteiger partial charge in [-0.25, -0.2) is 4.39 Å². The van der Waals surface area contributed by atoms with Crippen molar-refractivity contribution in [3.8, 4) is 0 Å². The molecule has 0 bridgehead atoms. The smallest absolute Gasteiger partial charge is 0.270 e. The number of amides is 2. The standard InChI is InChI=1S/C21H13FN2O3S2/c22-13-6-8-14(9-7-13)24-20(26)17(19(25)23-21(24)28)12-15-10-11-18(27-15)29-16-4-2-1-3-5-16/h1-12H,(H,23,25,28). The van der Waals surface area contributed by atoms with E-state index in [1.165, 1.54) is 42.1 Å². The highest BCUT2D eigenvalue weighted by atomic mass is 32.2. The first-order valence-corrected chi connectivity index (χ1v) is 9.73. The first-order valence-electron chi connectivity index (χ1n) is 8.51. The molecule has 0 spiro atoms. The summed E-state index contributed by atoms with van der Waals surface area (Å²) in [5, 5.41) is 3.04. The number of thiocarbonyl (C=S) groups is 1. The minimum Gasteiger partial charge on any atom is -0.450 e. The first kappa shape index (κ1) is 19.1. The largest absolute Gasteiger partial charge is 0.450 e.